The summed E-state index contributed by atoms with van der Waals surface area (Å²) in [6.07, 6.45) is 1.59. The fraction of sp³-hybridized carbons (Fsp3) is 0.250. The normalized spacial score (nSPS) is 10.3. The van der Waals surface area contributed by atoms with E-state index in [9.17, 15) is 4.79 Å². The SMILES string of the molecule is CN(C)[n+]1cc(NC(=O)CSc2cccc(N)c2)on1. The first kappa shape index (κ1) is 14.2. The van der Waals surface area contributed by atoms with E-state index in [0.29, 0.717) is 11.6 Å². The summed E-state index contributed by atoms with van der Waals surface area (Å²) in [7, 11) is 3.62. The Kier molecular flexibility index (Phi) is 4.46. The molecule has 1 aromatic carbocycles. The molecule has 0 aliphatic rings. The maximum absolute atomic E-state index is 11.8. The molecule has 1 heterocycles. The largest absolute Gasteiger partial charge is 0.399 e. The monoisotopic (exact) mass is 294 g/mol. The molecule has 1 amide bonds. The van der Waals surface area contributed by atoms with Crippen LogP contribution >= 0.6 is 11.8 Å². The molecule has 2 rings (SSSR count). The molecule has 106 valence electrons. The summed E-state index contributed by atoms with van der Waals surface area (Å²) in [5.41, 5.74) is 6.35. The summed E-state index contributed by atoms with van der Waals surface area (Å²) in [5.74, 6) is 0.405. The lowest BCUT2D eigenvalue weighted by molar-refractivity contribution is -0.753. The second-order valence-electron chi connectivity index (χ2n) is 4.24. The van der Waals surface area contributed by atoms with Gasteiger partial charge in [0, 0.05) is 10.6 Å². The van der Waals surface area contributed by atoms with Crippen LogP contribution in [0.1, 0.15) is 0 Å². The van der Waals surface area contributed by atoms with Gasteiger partial charge in [-0.2, -0.15) is 5.01 Å². The molecule has 2 aromatic rings. The average molecular weight is 294 g/mol. The molecular formula is C12H16N5O2S+. The van der Waals surface area contributed by atoms with Crippen molar-refractivity contribution in [1.82, 2.24) is 5.27 Å². The molecule has 0 aliphatic carbocycles. The summed E-state index contributed by atoms with van der Waals surface area (Å²) in [5, 5.41) is 8.07. The Bertz CT molecular complexity index is 599. The van der Waals surface area contributed by atoms with E-state index in [4.69, 9.17) is 10.3 Å². The van der Waals surface area contributed by atoms with Gasteiger partial charge in [0.25, 0.3) is 6.20 Å². The van der Waals surface area contributed by atoms with Crippen LogP contribution < -0.4 is 20.9 Å². The highest BCUT2D eigenvalue weighted by Gasteiger charge is 2.15. The maximum Gasteiger partial charge on any atom is 0.305 e. The summed E-state index contributed by atoms with van der Waals surface area (Å²) in [6, 6.07) is 7.39. The van der Waals surface area contributed by atoms with E-state index >= 15 is 0 Å². The number of nitrogen functional groups attached to an aromatic ring is 1. The smallest absolute Gasteiger partial charge is 0.305 e. The number of benzene rings is 1. The Morgan fingerprint density at radius 1 is 1.55 bits per heavy atom. The van der Waals surface area contributed by atoms with Crippen molar-refractivity contribution < 1.29 is 14.1 Å². The van der Waals surface area contributed by atoms with E-state index in [0.717, 1.165) is 4.90 Å². The zero-order valence-corrected chi connectivity index (χ0v) is 12.1. The topological polar surface area (TPSA) is 88.3 Å². The molecule has 0 saturated carbocycles. The highest BCUT2D eigenvalue weighted by atomic mass is 32.2. The fourth-order valence-electron chi connectivity index (χ4n) is 1.41. The molecule has 1 aromatic heterocycles. The third kappa shape index (κ3) is 3.89. The molecule has 0 saturated heterocycles. The highest BCUT2D eigenvalue weighted by Crippen LogP contribution is 2.20. The van der Waals surface area contributed by atoms with Crippen molar-refractivity contribution in [2.45, 2.75) is 4.90 Å². The van der Waals surface area contributed by atoms with E-state index in [1.165, 1.54) is 16.6 Å². The third-order valence-corrected chi connectivity index (χ3v) is 3.35. The summed E-state index contributed by atoms with van der Waals surface area (Å²) in [4.78, 5) is 14.2. The number of anilines is 2. The number of hydrogen-bond donors (Lipinski definition) is 2. The Labute approximate surface area is 120 Å². The molecule has 20 heavy (non-hydrogen) atoms. The quantitative estimate of drug-likeness (QED) is 0.473. The van der Waals surface area contributed by atoms with Gasteiger partial charge in [-0.1, -0.05) is 6.07 Å². The van der Waals surface area contributed by atoms with E-state index in [1.807, 2.05) is 32.3 Å². The minimum Gasteiger partial charge on any atom is -0.399 e. The van der Waals surface area contributed by atoms with Gasteiger partial charge in [-0.25, -0.2) is 0 Å². The van der Waals surface area contributed by atoms with Gasteiger partial charge in [0.05, 0.1) is 24.6 Å². The second-order valence-corrected chi connectivity index (χ2v) is 5.29. The molecule has 0 aliphatic heterocycles. The van der Waals surface area contributed by atoms with Crippen molar-refractivity contribution in [2.75, 3.05) is 35.9 Å². The van der Waals surface area contributed by atoms with Gasteiger partial charge in [0.15, 0.2) is 0 Å². The minimum atomic E-state index is -0.167. The molecule has 0 radical (unpaired) electrons. The number of amides is 1. The van der Waals surface area contributed by atoms with Crippen LogP contribution in [0.25, 0.3) is 0 Å². The van der Waals surface area contributed by atoms with Crippen molar-refractivity contribution in [3.63, 3.8) is 0 Å². The lowest BCUT2D eigenvalue weighted by atomic mass is 10.3. The molecule has 0 spiro atoms. The summed E-state index contributed by atoms with van der Waals surface area (Å²) in [6.45, 7) is 0. The van der Waals surface area contributed by atoms with Crippen molar-refractivity contribution >= 4 is 29.2 Å². The van der Waals surface area contributed by atoms with Crippen LogP contribution in [0.15, 0.2) is 39.9 Å². The molecule has 0 bridgehead atoms. The van der Waals surface area contributed by atoms with Crippen molar-refractivity contribution in [3.05, 3.63) is 30.5 Å². The van der Waals surface area contributed by atoms with E-state index in [2.05, 4.69) is 10.6 Å². The lowest BCUT2D eigenvalue weighted by Gasteiger charge is -2.01. The molecule has 3 N–H and O–H groups in total. The molecule has 0 atom stereocenters. The Morgan fingerprint density at radius 3 is 3.00 bits per heavy atom. The average Bonchev–Trinajstić information content (AvgIpc) is 2.85. The van der Waals surface area contributed by atoms with Crippen molar-refractivity contribution in [3.8, 4) is 0 Å². The molecule has 0 fully saturated rings. The van der Waals surface area contributed by atoms with Crippen LogP contribution in [-0.4, -0.2) is 31.0 Å². The highest BCUT2D eigenvalue weighted by molar-refractivity contribution is 8.00. The second kappa shape index (κ2) is 6.29. The van der Waals surface area contributed by atoms with Crippen LogP contribution in [0.5, 0.6) is 0 Å². The number of thioether (sulfide) groups is 1. The number of aromatic nitrogens is 2. The number of nitrogens with zero attached hydrogens (tertiary/aromatic N) is 3. The molecule has 0 unspecified atom stereocenters. The van der Waals surface area contributed by atoms with E-state index in [1.54, 1.807) is 17.3 Å². The van der Waals surface area contributed by atoms with Crippen LogP contribution in [0.3, 0.4) is 0 Å². The van der Waals surface area contributed by atoms with Crippen LogP contribution in [0.4, 0.5) is 11.6 Å². The predicted octanol–water partition coefficient (Wildman–Crippen LogP) is 0.473. The first-order valence-electron chi connectivity index (χ1n) is 5.89. The first-order chi connectivity index (χ1) is 9.54. The zero-order chi connectivity index (χ0) is 14.5. The van der Waals surface area contributed by atoms with Crippen LogP contribution in [0.2, 0.25) is 0 Å². The maximum atomic E-state index is 11.8. The van der Waals surface area contributed by atoms with Gasteiger partial charge in [-0.05, 0) is 18.2 Å². The van der Waals surface area contributed by atoms with Gasteiger partial charge in [-0.3, -0.25) is 14.6 Å². The zero-order valence-electron chi connectivity index (χ0n) is 11.2. The van der Waals surface area contributed by atoms with Gasteiger partial charge < -0.3 is 5.73 Å². The Morgan fingerprint density at radius 2 is 2.35 bits per heavy atom. The van der Waals surface area contributed by atoms with Gasteiger partial charge in [0.1, 0.15) is 0 Å². The number of hydrogen-bond acceptors (Lipinski definition) is 6. The number of nitrogens with two attached hydrogens (primary N) is 1. The summed E-state index contributed by atoms with van der Waals surface area (Å²) < 4.78 is 4.98. The number of carbonyl (C=O) groups is 1. The minimum absolute atomic E-state index is 0.167. The van der Waals surface area contributed by atoms with Crippen molar-refractivity contribution in [2.24, 2.45) is 0 Å². The number of carbonyl (C=O) groups excluding carboxylic acids is 1. The number of rotatable bonds is 5. The molecule has 8 heteroatoms. The summed E-state index contributed by atoms with van der Waals surface area (Å²) >= 11 is 1.40. The van der Waals surface area contributed by atoms with Crippen molar-refractivity contribution in [1.29, 1.82) is 0 Å². The van der Waals surface area contributed by atoms with E-state index in [-0.39, 0.29) is 11.7 Å². The van der Waals surface area contributed by atoms with Gasteiger partial charge >= 0.3 is 5.88 Å². The third-order valence-electron chi connectivity index (χ3n) is 2.36. The molecule has 7 nitrogen and oxygen atoms in total. The standard InChI is InChI=1S/C12H15N5O2S/c1-16(2)17-7-12(19-15-17)14-11(18)8-20-10-5-3-4-9(13)6-10/h3-7H,8,13H2,1-2H3/p+1. The van der Waals surface area contributed by atoms with Gasteiger partial charge in [0.2, 0.25) is 11.2 Å². The van der Waals surface area contributed by atoms with E-state index < -0.39 is 0 Å². The Balaban J connectivity index is 1.86. The molecular weight excluding hydrogens is 278 g/mol. The Hall–Kier alpha value is -2.22. The van der Waals surface area contributed by atoms with Gasteiger partial charge in [-0.15, -0.1) is 11.8 Å². The number of nitrogens with one attached hydrogen (secondary N) is 1. The van der Waals surface area contributed by atoms with Crippen LogP contribution in [-0.2, 0) is 4.79 Å². The fourth-order valence-corrected chi connectivity index (χ4v) is 2.17. The predicted molar refractivity (Wildman–Crippen MR) is 77.0 cm³/mol. The van der Waals surface area contributed by atoms with Crippen LogP contribution in [0, 0.1) is 0 Å². The lowest BCUT2D eigenvalue weighted by Crippen LogP contribution is -2.53. The first-order valence-corrected chi connectivity index (χ1v) is 6.87.